The molecule has 1 unspecified atom stereocenters. The average Bonchev–Trinajstić information content (AvgIpc) is 2.49. The van der Waals surface area contributed by atoms with Crippen LogP contribution in [-0.4, -0.2) is 31.1 Å². The van der Waals surface area contributed by atoms with Crippen LogP contribution in [0.5, 0.6) is 0 Å². The SMILES string of the molecule is Cc1cc(S(=O)(=O)NCC2CCCCS2)cc(CO)c1F. The normalized spacial score (nSPS) is 19.7. The van der Waals surface area contributed by atoms with E-state index in [-0.39, 0.29) is 16.0 Å². The number of aliphatic hydroxyl groups is 1. The molecule has 0 amide bonds. The van der Waals surface area contributed by atoms with Crippen molar-refractivity contribution in [3.05, 3.63) is 29.1 Å². The predicted molar refractivity (Wildman–Crippen MR) is 82.3 cm³/mol. The van der Waals surface area contributed by atoms with Crippen LogP contribution in [0.3, 0.4) is 0 Å². The average molecular weight is 333 g/mol. The highest BCUT2D eigenvalue weighted by Crippen LogP contribution is 2.25. The van der Waals surface area contributed by atoms with Crippen molar-refractivity contribution in [1.29, 1.82) is 0 Å². The molecule has 1 saturated heterocycles. The predicted octanol–water partition coefficient (Wildman–Crippen LogP) is 2.19. The number of sulfonamides is 1. The maximum atomic E-state index is 13.7. The van der Waals surface area contributed by atoms with E-state index in [0.717, 1.165) is 18.6 Å². The summed E-state index contributed by atoms with van der Waals surface area (Å²) in [6.07, 6.45) is 3.33. The molecule has 7 heteroatoms. The lowest BCUT2D eigenvalue weighted by Gasteiger charge is -2.21. The molecule has 0 aromatic heterocycles. The van der Waals surface area contributed by atoms with Crippen LogP contribution in [0, 0.1) is 12.7 Å². The molecule has 0 bridgehead atoms. The highest BCUT2D eigenvalue weighted by molar-refractivity contribution is 8.00. The third-order valence-electron chi connectivity index (χ3n) is 3.56. The second-order valence-electron chi connectivity index (χ2n) is 5.21. The monoisotopic (exact) mass is 333 g/mol. The Hall–Kier alpha value is -0.630. The quantitative estimate of drug-likeness (QED) is 0.867. The lowest BCUT2D eigenvalue weighted by Crippen LogP contribution is -2.32. The summed E-state index contributed by atoms with van der Waals surface area (Å²) < 4.78 is 40.8. The molecule has 1 aromatic rings. The first kappa shape index (κ1) is 16.7. The summed E-state index contributed by atoms with van der Waals surface area (Å²) in [5, 5.41) is 9.41. The van der Waals surface area contributed by atoms with Crippen LogP contribution in [0.15, 0.2) is 17.0 Å². The molecule has 1 fully saturated rings. The minimum atomic E-state index is -3.67. The summed E-state index contributed by atoms with van der Waals surface area (Å²) in [6, 6.07) is 2.49. The van der Waals surface area contributed by atoms with E-state index in [1.807, 2.05) is 0 Å². The van der Waals surface area contributed by atoms with E-state index in [0.29, 0.717) is 11.8 Å². The molecule has 0 saturated carbocycles. The van der Waals surface area contributed by atoms with Gasteiger partial charge in [-0.1, -0.05) is 6.42 Å². The molecule has 1 heterocycles. The lowest BCUT2D eigenvalue weighted by atomic mass is 10.1. The number of nitrogens with one attached hydrogen (secondary N) is 1. The summed E-state index contributed by atoms with van der Waals surface area (Å²) in [6.45, 7) is 1.36. The minimum Gasteiger partial charge on any atom is -0.392 e. The van der Waals surface area contributed by atoms with E-state index >= 15 is 0 Å². The Labute approximate surface area is 129 Å². The highest BCUT2D eigenvalue weighted by Gasteiger charge is 2.21. The smallest absolute Gasteiger partial charge is 0.240 e. The lowest BCUT2D eigenvalue weighted by molar-refractivity contribution is 0.275. The van der Waals surface area contributed by atoms with Crippen molar-refractivity contribution in [2.45, 2.75) is 42.9 Å². The molecular weight excluding hydrogens is 313 g/mol. The zero-order chi connectivity index (χ0) is 15.5. The Balaban J connectivity index is 2.13. The van der Waals surface area contributed by atoms with Crippen molar-refractivity contribution < 1.29 is 17.9 Å². The van der Waals surface area contributed by atoms with Gasteiger partial charge in [0.2, 0.25) is 10.0 Å². The van der Waals surface area contributed by atoms with E-state index < -0.39 is 22.4 Å². The van der Waals surface area contributed by atoms with Gasteiger partial charge in [0.1, 0.15) is 5.82 Å². The van der Waals surface area contributed by atoms with E-state index in [9.17, 15) is 12.8 Å². The Morgan fingerprint density at radius 2 is 2.19 bits per heavy atom. The Morgan fingerprint density at radius 3 is 2.81 bits per heavy atom. The van der Waals surface area contributed by atoms with Crippen molar-refractivity contribution >= 4 is 21.8 Å². The first-order chi connectivity index (χ1) is 9.94. The van der Waals surface area contributed by atoms with Crippen LogP contribution in [0.1, 0.15) is 30.4 Å². The number of hydrogen-bond donors (Lipinski definition) is 2. The number of thioether (sulfide) groups is 1. The Kier molecular flexibility index (Phi) is 5.65. The highest BCUT2D eigenvalue weighted by atomic mass is 32.2. The van der Waals surface area contributed by atoms with E-state index in [1.54, 1.807) is 11.8 Å². The maximum absolute atomic E-state index is 13.7. The van der Waals surface area contributed by atoms with E-state index in [2.05, 4.69) is 4.72 Å². The van der Waals surface area contributed by atoms with Crippen LogP contribution < -0.4 is 4.72 Å². The number of halogens is 1. The Morgan fingerprint density at radius 1 is 1.43 bits per heavy atom. The summed E-state index contributed by atoms with van der Waals surface area (Å²) in [4.78, 5) is 0.00580. The van der Waals surface area contributed by atoms with Gasteiger partial charge in [0.15, 0.2) is 0 Å². The second kappa shape index (κ2) is 7.09. The first-order valence-corrected chi connectivity index (χ1v) is 9.48. The van der Waals surface area contributed by atoms with Crippen LogP contribution >= 0.6 is 11.8 Å². The molecule has 2 rings (SSSR count). The van der Waals surface area contributed by atoms with Gasteiger partial charge >= 0.3 is 0 Å². The molecule has 0 spiro atoms. The number of hydrogen-bond acceptors (Lipinski definition) is 4. The molecule has 1 atom stereocenters. The van der Waals surface area contributed by atoms with Gasteiger partial charge in [0.25, 0.3) is 0 Å². The van der Waals surface area contributed by atoms with Crippen molar-refractivity contribution in [2.24, 2.45) is 0 Å². The molecule has 118 valence electrons. The fourth-order valence-corrected chi connectivity index (χ4v) is 4.89. The van der Waals surface area contributed by atoms with E-state index in [4.69, 9.17) is 5.11 Å². The largest absolute Gasteiger partial charge is 0.392 e. The van der Waals surface area contributed by atoms with Crippen molar-refractivity contribution in [2.75, 3.05) is 12.3 Å². The van der Waals surface area contributed by atoms with Crippen LogP contribution in [0.4, 0.5) is 4.39 Å². The molecule has 4 nitrogen and oxygen atoms in total. The second-order valence-corrected chi connectivity index (χ2v) is 8.39. The molecule has 2 N–H and O–H groups in total. The van der Waals surface area contributed by atoms with Gasteiger partial charge in [0.05, 0.1) is 11.5 Å². The fourth-order valence-electron chi connectivity index (χ4n) is 2.33. The molecule has 1 aliphatic heterocycles. The van der Waals surface area contributed by atoms with Gasteiger partial charge in [-0.2, -0.15) is 11.8 Å². The first-order valence-electron chi connectivity index (χ1n) is 6.95. The topological polar surface area (TPSA) is 66.4 Å². The molecule has 1 aromatic carbocycles. The minimum absolute atomic E-state index is 0.00224. The molecule has 21 heavy (non-hydrogen) atoms. The third kappa shape index (κ3) is 4.18. The number of aryl methyl sites for hydroxylation is 1. The van der Waals surface area contributed by atoms with Crippen LogP contribution in [0.25, 0.3) is 0 Å². The summed E-state index contributed by atoms with van der Waals surface area (Å²) in [7, 11) is -3.67. The zero-order valence-electron chi connectivity index (χ0n) is 11.9. The van der Waals surface area contributed by atoms with Gasteiger partial charge in [0, 0.05) is 17.4 Å². The standard InChI is InChI=1S/C14H20FNO3S2/c1-10-6-13(7-11(9-17)14(10)15)21(18,19)16-8-12-4-2-3-5-20-12/h6-7,12,16-17H,2-5,8-9H2,1H3. The molecule has 0 aliphatic carbocycles. The van der Waals surface area contributed by atoms with Crippen LogP contribution in [0.2, 0.25) is 0 Å². The summed E-state index contributed by atoms with van der Waals surface area (Å²) >= 11 is 1.79. The summed E-state index contributed by atoms with van der Waals surface area (Å²) in [5.74, 6) is 0.510. The van der Waals surface area contributed by atoms with E-state index in [1.165, 1.54) is 25.5 Å². The Bertz CT molecular complexity index is 598. The fraction of sp³-hybridized carbons (Fsp3) is 0.571. The zero-order valence-corrected chi connectivity index (χ0v) is 13.6. The van der Waals surface area contributed by atoms with Crippen LogP contribution in [-0.2, 0) is 16.6 Å². The van der Waals surface area contributed by atoms with Crippen molar-refractivity contribution in [1.82, 2.24) is 4.72 Å². The summed E-state index contributed by atoms with van der Waals surface area (Å²) in [5.41, 5.74) is 0.219. The van der Waals surface area contributed by atoms with Gasteiger partial charge in [-0.15, -0.1) is 0 Å². The van der Waals surface area contributed by atoms with Gasteiger partial charge < -0.3 is 5.11 Å². The van der Waals surface area contributed by atoms with Gasteiger partial charge in [-0.3, -0.25) is 0 Å². The van der Waals surface area contributed by atoms with Crippen molar-refractivity contribution in [3.63, 3.8) is 0 Å². The number of aliphatic hydroxyl groups excluding tert-OH is 1. The number of rotatable bonds is 5. The third-order valence-corrected chi connectivity index (χ3v) is 6.36. The molecule has 1 aliphatic rings. The molecule has 0 radical (unpaired) electrons. The van der Waals surface area contributed by atoms with Crippen molar-refractivity contribution in [3.8, 4) is 0 Å². The van der Waals surface area contributed by atoms with Gasteiger partial charge in [-0.25, -0.2) is 17.5 Å². The van der Waals surface area contributed by atoms with Gasteiger partial charge in [-0.05, 0) is 43.2 Å². The molecular formula is C14H20FNO3S2. The maximum Gasteiger partial charge on any atom is 0.240 e. The number of benzene rings is 1.